The number of hydrogen-bond donors (Lipinski definition) is 1. The number of fused-ring (bicyclic) bond motifs is 1. The second-order valence-corrected chi connectivity index (χ2v) is 8.88. The molecule has 0 aliphatic heterocycles. The SMILES string of the molecule is Cc1nc2c(-c3cc(NS(C)(=O)=O)ccc3Oc3ccc(F)cc3F)cn(C)c(=O)c2o1. The maximum atomic E-state index is 14.2. The molecule has 32 heavy (non-hydrogen) atoms. The first kappa shape index (κ1) is 21.5. The highest BCUT2D eigenvalue weighted by atomic mass is 32.2. The van der Waals surface area contributed by atoms with Crippen LogP contribution in [0.1, 0.15) is 5.89 Å². The fourth-order valence-electron chi connectivity index (χ4n) is 3.21. The van der Waals surface area contributed by atoms with E-state index in [4.69, 9.17) is 9.15 Å². The Morgan fingerprint density at radius 2 is 1.81 bits per heavy atom. The summed E-state index contributed by atoms with van der Waals surface area (Å²) in [7, 11) is -2.08. The molecule has 0 bridgehead atoms. The normalized spacial score (nSPS) is 11.7. The zero-order chi connectivity index (χ0) is 23.2. The second-order valence-electron chi connectivity index (χ2n) is 7.13. The van der Waals surface area contributed by atoms with Gasteiger partial charge in [0.1, 0.15) is 17.1 Å². The Morgan fingerprint density at radius 3 is 2.50 bits per heavy atom. The summed E-state index contributed by atoms with van der Waals surface area (Å²) in [5.74, 6) is -1.55. The third-order valence-electron chi connectivity index (χ3n) is 4.51. The number of pyridine rings is 1. The molecule has 0 saturated heterocycles. The molecule has 2 aromatic carbocycles. The summed E-state index contributed by atoms with van der Waals surface area (Å²) < 4.78 is 65.7. The van der Waals surface area contributed by atoms with Crippen LogP contribution in [0.5, 0.6) is 11.5 Å². The van der Waals surface area contributed by atoms with Crippen molar-refractivity contribution in [1.29, 1.82) is 0 Å². The lowest BCUT2D eigenvalue weighted by atomic mass is 10.0. The Hall–Kier alpha value is -3.73. The number of hydrogen-bond acceptors (Lipinski definition) is 6. The Balaban J connectivity index is 1.96. The van der Waals surface area contributed by atoms with Gasteiger partial charge in [0.05, 0.1) is 6.26 Å². The molecule has 166 valence electrons. The Bertz CT molecular complexity index is 1530. The number of rotatable bonds is 5. The van der Waals surface area contributed by atoms with Crippen molar-refractivity contribution in [2.24, 2.45) is 7.05 Å². The van der Waals surface area contributed by atoms with Crippen LogP contribution < -0.4 is 15.0 Å². The number of halogens is 2. The monoisotopic (exact) mass is 461 g/mol. The minimum atomic E-state index is -3.59. The molecule has 8 nitrogen and oxygen atoms in total. The fourth-order valence-corrected chi connectivity index (χ4v) is 3.76. The summed E-state index contributed by atoms with van der Waals surface area (Å²) in [6.07, 6.45) is 2.48. The molecule has 0 aliphatic carbocycles. The highest BCUT2D eigenvalue weighted by molar-refractivity contribution is 7.92. The lowest BCUT2D eigenvalue weighted by Gasteiger charge is -2.15. The van der Waals surface area contributed by atoms with E-state index < -0.39 is 27.2 Å². The van der Waals surface area contributed by atoms with Gasteiger partial charge in [0, 0.05) is 43.0 Å². The highest BCUT2D eigenvalue weighted by Crippen LogP contribution is 2.39. The van der Waals surface area contributed by atoms with Crippen molar-refractivity contribution in [1.82, 2.24) is 9.55 Å². The molecule has 0 unspecified atom stereocenters. The van der Waals surface area contributed by atoms with Gasteiger partial charge >= 0.3 is 0 Å². The number of sulfonamides is 1. The molecule has 0 amide bonds. The molecule has 0 aliphatic rings. The summed E-state index contributed by atoms with van der Waals surface area (Å²) in [6.45, 7) is 1.58. The summed E-state index contributed by atoms with van der Waals surface area (Å²) in [5, 5.41) is 0. The quantitative estimate of drug-likeness (QED) is 0.483. The van der Waals surface area contributed by atoms with E-state index in [0.29, 0.717) is 17.2 Å². The first-order valence-corrected chi connectivity index (χ1v) is 11.1. The third-order valence-corrected chi connectivity index (χ3v) is 5.12. The van der Waals surface area contributed by atoms with Crippen LogP contribution in [0.2, 0.25) is 0 Å². The lowest BCUT2D eigenvalue weighted by molar-refractivity contribution is 0.439. The summed E-state index contributed by atoms with van der Waals surface area (Å²) in [6, 6.07) is 7.17. The van der Waals surface area contributed by atoms with Gasteiger partial charge in [-0.2, -0.15) is 0 Å². The highest BCUT2D eigenvalue weighted by Gasteiger charge is 2.20. The molecule has 2 aromatic heterocycles. The maximum Gasteiger partial charge on any atom is 0.295 e. The Labute approximate surface area is 181 Å². The number of ether oxygens (including phenoxy) is 1. The van der Waals surface area contributed by atoms with Crippen molar-refractivity contribution in [3.8, 4) is 22.6 Å². The summed E-state index contributed by atoms with van der Waals surface area (Å²) in [4.78, 5) is 16.7. The number of aromatic nitrogens is 2. The second kappa shape index (κ2) is 7.75. The van der Waals surface area contributed by atoms with Gasteiger partial charge in [0.15, 0.2) is 17.5 Å². The first-order chi connectivity index (χ1) is 15.0. The van der Waals surface area contributed by atoms with Gasteiger partial charge in [-0.25, -0.2) is 22.2 Å². The molecule has 0 radical (unpaired) electrons. The third kappa shape index (κ3) is 4.19. The van der Waals surface area contributed by atoms with Crippen LogP contribution in [0.4, 0.5) is 14.5 Å². The van der Waals surface area contributed by atoms with E-state index in [1.54, 1.807) is 6.92 Å². The van der Waals surface area contributed by atoms with Crippen LogP contribution in [-0.4, -0.2) is 24.2 Å². The zero-order valence-corrected chi connectivity index (χ0v) is 18.0. The standard InChI is InChI=1S/C21H17F2N3O5S/c1-11-24-19-15(10-26(2)21(27)20(19)30-11)14-9-13(25-32(3,28)29)5-7-17(14)31-18-6-4-12(22)8-16(18)23/h4-10,25H,1-3H3. The van der Waals surface area contributed by atoms with Gasteiger partial charge < -0.3 is 13.7 Å². The molecule has 0 atom stereocenters. The molecule has 4 aromatic rings. The molecular weight excluding hydrogens is 444 g/mol. The van der Waals surface area contributed by atoms with E-state index in [-0.39, 0.29) is 34.2 Å². The number of nitrogens with zero attached hydrogens (tertiary/aromatic N) is 2. The van der Waals surface area contributed by atoms with Gasteiger partial charge in [-0.1, -0.05) is 0 Å². The first-order valence-electron chi connectivity index (χ1n) is 9.24. The number of aryl methyl sites for hydroxylation is 2. The molecule has 1 N–H and O–H groups in total. The topological polar surface area (TPSA) is 103 Å². The van der Waals surface area contributed by atoms with Crippen molar-refractivity contribution in [2.75, 3.05) is 11.0 Å². The van der Waals surface area contributed by atoms with Gasteiger partial charge in [0.25, 0.3) is 5.56 Å². The van der Waals surface area contributed by atoms with Crippen molar-refractivity contribution < 1.29 is 26.4 Å². The minimum Gasteiger partial charge on any atom is -0.454 e. The van der Waals surface area contributed by atoms with Crippen LogP contribution in [0.25, 0.3) is 22.2 Å². The van der Waals surface area contributed by atoms with E-state index in [0.717, 1.165) is 18.4 Å². The van der Waals surface area contributed by atoms with E-state index in [9.17, 15) is 22.0 Å². The molecule has 2 heterocycles. The molecular formula is C21H17F2N3O5S. The Kier molecular flexibility index (Phi) is 5.21. The van der Waals surface area contributed by atoms with Gasteiger partial charge in [-0.3, -0.25) is 9.52 Å². The van der Waals surface area contributed by atoms with Crippen LogP contribution in [0, 0.1) is 18.6 Å². The Morgan fingerprint density at radius 1 is 1.09 bits per heavy atom. The smallest absolute Gasteiger partial charge is 0.295 e. The predicted octanol–water partition coefficient (Wildman–Crippen LogP) is 3.94. The van der Waals surface area contributed by atoms with Crippen LogP contribution >= 0.6 is 0 Å². The van der Waals surface area contributed by atoms with Gasteiger partial charge in [0.2, 0.25) is 15.6 Å². The van der Waals surface area contributed by atoms with Crippen LogP contribution in [-0.2, 0) is 17.1 Å². The average Bonchev–Trinajstić information content (AvgIpc) is 3.08. The average molecular weight is 461 g/mol. The molecule has 11 heteroatoms. The van der Waals surface area contributed by atoms with E-state index in [1.807, 2.05) is 0 Å². The van der Waals surface area contributed by atoms with E-state index >= 15 is 0 Å². The summed E-state index contributed by atoms with van der Waals surface area (Å²) in [5.41, 5.74) is 0.706. The van der Waals surface area contributed by atoms with Crippen LogP contribution in [0.15, 0.2) is 51.8 Å². The van der Waals surface area contributed by atoms with Gasteiger partial charge in [-0.05, 0) is 30.3 Å². The van der Waals surface area contributed by atoms with E-state index in [2.05, 4.69) is 9.71 Å². The fraction of sp³-hybridized carbons (Fsp3) is 0.143. The predicted molar refractivity (Wildman–Crippen MR) is 114 cm³/mol. The summed E-state index contributed by atoms with van der Waals surface area (Å²) >= 11 is 0. The molecule has 0 saturated carbocycles. The number of nitrogens with one attached hydrogen (secondary N) is 1. The van der Waals surface area contributed by atoms with Crippen molar-refractivity contribution in [3.63, 3.8) is 0 Å². The molecule has 0 spiro atoms. The largest absolute Gasteiger partial charge is 0.454 e. The molecule has 0 fully saturated rings. The molecule has 4 rings (SSSR count). The van der Waals surface area contributed by atoms with E-state index in [1.165, 1.54) is 36.0 Å². The zero-order valence-electron chi connectivity index (χ0n) is 17.1. The van der Waals surface area contributed by atoms with Gasteiger partial charge in [-0.15, -0.1) is 0 Å². The maximum absolute atomic E-state index is 14.2. The number of anilines is 1. The van der Waals surface area contributed by atoms with Crippen molar-refractivity contribution in [2.45, 2.75) is 6.92 Å². The minimum absolute atomic E-state index is 0.00267. The number of oxazole rings is 1. The number of benzene rings is 2. The van der Waals surface area contributed by atoms with Crippen molar-refractivity contribution in [3.05, 3.63) is 70.5 Å². The van der Waals surface area contributed by atoms with Crippen molar-refractivity contribution >= 4 is 26.8 Å². The van der Waals surface area contributed by atoms with Crippen LogP contribution in [0.3, 0.4) is 0 Å². The lowest BCUT2D eigenvalue weighted by Crippen LogP contribution is -2.16.